The molecule has 0 fully saturated rings. The maximum absolute atomic E-state index is 12.0. The summed E-state index contributed by atoms with van der Waals surface area (Å²) in [5.41, 5.74) is 2.57. The molecule has 0 saturated carbocycles. The Kier molecular flexibility index (Phi) is 5.92. The van der Waals surface area contributed by atoms with Gasteiger partial charge in [0.15, 0.2) is 5.78 Å². The van der Waals surface area contributed by atoms with Crippen LogP contribution in [0.1, 0.15) is 40.7 Å². The Morgan fingerprint density at radius 3 is 2.43 bits per heavy atom. The fraction of sp³-hybridized carbons (Fsp3) is 0.263. The van der Waals surface area contributed by atoms with Gasteiger partial charge in [-0.1, -0.05) is 30.3 Å². The predicted octanol–water partition coefficient (Wildman–Crippen LogP) is 4.01. The largest absolute Gasteiger partial charge is 0.489 e. The molecular weight excluding hydrogens is 292 g/mol. The molecule has 0 saturated heterocycles. The van der Waals surface area contributed by atoms with Gasteiger partial charge in [-0.25, -0.2) is 0 Å². The summed E-state index contributed by atoms with van der Waals surface area (Å²) in [6.07, 6.45) is 0.623. The predicted molar refractivity (Wildman–Crippen MR) is 87.8 cm³/mol. The molecule has 4 heteroatoms. The molecule has 0 bridgehead atoms. The summed E-state index contributed by atoms with van der Waals surface area (Å²) in [5, 5.41) is 8.60. The molecule has 2 rings (SSSR count). The number of benzene rings is 2. The van der Waals surface area contributed by atoms with Crippen LogP contribution in [0.3, 0.4) is 0 Å². The van der Waals surface area contributed by atoms with E-state index in [9.17, 15) is 9.59 Å². The highest BCUT2D eigenvalue weighted by Gasteiger charge is 2.09. The van der Waals surface area contributed by atoms with Crippen molar-refractivity contribution in [3.05, 3.63) is 65.2 Å². The summed E-state index contributed by atoms with van der Waals surface area (Å²) in [6, 6.07) is 15.2. The first-order valence-corrected chi connectivity index (χ1v) is 7.58. The van der Waals surface area contributed by atoms with Gasteiger partial charge < -0.3 is 9.84 Å². The van der Waals surface area contributed by atoms with Crippen molar-refractivity contribution in [3.63, 3.8) is 0 Å². The molecule has 0 amide bonds. The molecule has 0 aliphatic heterocycles. The molecule has 0 spiro atoms. The van der Waals surface area contributed by atoms with Crippen LogP contribution in [0, 0.1) is 6.92 Å². The van der Waals surface area contributed by atoms with Crippen molar-refractivity contribution in [2.45, 2.75) is 32.8 Å². The Morgan fingerprint density at radius 1 is 1.04 bits per heavy atom. The topological polar surface area (TPSA) is 63.6 Å². The third kappa shape index (κ3) is 5.25. The minimum atomic E-state index is -0.876. The van der Waals surface area contributed by atoms with Crippen molar-refractivity contribution in [2.75, 3.05) is 0 Å². The number of ketones is 1. The first kappa shape index (κ1) is 16.7. The normalized spacial score (nSPS) is 10.3. The Hall–Kier alpha value is -2.62. The SMILES string of the molecule is Cc1cc(C(=O)CCCC(=O)O)ccc1OCc1ccccc1. The van der Waals surface area contributed by atoms with Gasteiger partial charge in [0.25, 0.3) is 0 Å². The van der Waals surface area contributed by atoms with Crippen LogP contribution >= 0.6 is 0 Å². The Balaban J connectivity index is 1.94. The average molecular weight is 312 g/mol. The summed E-state index contributed by atoms with van der Waals surface area (Å²) in [6.45, 7) is 2.38. The minimum absolute atomic E-state index is 0.0169. The maximum Gasteiger partial charge on any atom is 0.303 e. The Bertz CT molecular complexity index is 677. The third-order valence-electron chi connectivity index (χ3n) is 3.53. The number of rotatable bonds is 8. The van der Waals surface area contributed by atoms with Gasteiger partial charge in [-0.05, 0) is 42.7 Å². The highest BCUT2D eigenvalue weighted by molar-refractivity contribution is 5.96. The van der Waals surface area contributed by atoms with Crippen molar-refractivity contribution in [2.24, 2.45) is 0 Å². The number of carbonyl (C=O) groups is 2. The van der Waals surface area contributed by atoms with Gasteiger partial charge in [-0.3, -0.25) is 9.59 Å². The van der Waals surface area contributed by atoms with Crippen molar-refractivity contribution >= 4 is 11.8 Å². The molecule has 2 aromatic rings. The van der Waals surface area contributed by atoms with Crippen LogP contribution in [0.15, 0.2) is 48.5 Å². The van der Waals surface area contributed by atoms with Gasteiger partial charge in [0.1, 0.15) is 12.4 Å². The van der Waals surface area contributed by atoms with Gasteiger partial charge in [0, 0.05) is 18.4 Å². The first-order valence-electron chi connectivity index (χ1n) is 7.58. The van der Waals surface area contributed by atoms with E-state index in [0.717, 1.165) is 16.9 Å². The number of hydrogen-bond donors (Lipinski definition) is 1. The lowest BCUT2D eigenvalue weighted by molar-refractivity contribution is -0.137. The number of carboxylic acid groups (broad SMARTS) is 1. The second-order valence-electron chi connectivity index (χ2n) is 5.43. The van der Waals surface area contributed by atoms with Crippen LogP contribution in [0.25, 0.3) is 0 Å². The number of carbonyl (C=O) groups excluding carboxylic acids is 1. The van der Waals surface area contributed by atoms with Crippen LogP contribution in [-0.2, 0) is 11.4 Å². The van der Waals surface area contributed by atoms with E-state index in [4.69, 9.17) is 9.84 Å². The van der Waals surface area contributed by atoms with Crippen LogP contribution in [-0.4, -0.2) is 16.9 Å². The molecule has 23 heavy (non-hydrogen) atoms. The van der Waals surface area contributed by atoms with E-state index < -0.39 is 5.97 Å². The zero-order chi connectivity index (χ0) is 16.7. The van der Waals surface area contributed by atoms with Gasteiger partial charge in [-0.2, -0.15) is 0 Å². The zero-order valence-corrected chi connectivity index (χ0v) is 13.1. The molecule has 0 aliphatic carbocycles. The fourth-order valence-corrected chi connectivity index (χ4v) is 2.26. The van der Waals surface area contributed by atoms with Gasteiger partial charge in [0.2, 0.25) is 0 Å². The molecule has 120 valence electrons. The van der Waals surface area contributed by atoms with E-state index in [1.54, 1.807) is 18.2 Å². The van der Waals surface area contributed by atoms with Crippen LogP contribution in [0.2, 0.25) is 0 Å². The van der Waals surface area contributed by atoms with Crippen molar-refractivity contribution in [1.82, 2.24) is 0 Å². The lowest BCUT2D eigenvalue weighted by Gasteiger charge is -2.10. The summed E-state index contributed by atoms with van der Waals surface area (Å²) >= 11 is 0. The van der Waals surface area contributed by atoms with E-state index in [-0.39, 0.29) is 18.6 Å². The lowest BCUT2D eigenvalue weighted by Crippen LogP contribution is -2.03. The number of Topliss-reactive ketones (excluding diaryl/α,β-unsaturated/α-hetero) is 1. The molecule has 2 aromatic carbocycles. The van der Waals surface area contributed by atoms with Crippen molar-refractivity contribution in [1.29, 1.82) is 0 Å². The molecule has 1 N–H and O–H groups in total. The smallest absolute Gasteiger partial charge is 0.303 e. The summed E-state index contributed by atoms with van der Waals surface area (Å²) in [4.78, 5) is 22.5. The Morgan fingerprint density at radius 2 is 1.78 bits per heavy atom. The molecule has 0 aromatic heterocycles. The number of ether oxygens (including phenoxy) is 1. The number of hydrogen-bond acceptors (Lipinski definition) is 3. The van der Waals surface area contributed by atoms with E-state index in [2.05, 4.69) is 0 Å². The van der Waals surface area contributed by atoms with Gasteiger partial charge in [0.05, 0.1) is 0 Å². The van der Waals surface area contributed by atoms with Crippen LogP contribution in [0.4, 0.5) is 0 Å². The molecule has 0 unspecified atom stereocenters. The maximum atomic E-state index is 12.0. The molecular formula is C19H20O4. The van der Waals surface area contributed by atoms with Crippen molar-refractivity contribution < 1.29 is 19.4 Å². The van der Waals surface area contributed by atoms with E-state index in [1.807, 2.05) is 37.3 Å². The molecule has 0 atom stereocenters. The highest BCUT2D eigenvalue weighted by atomic mass is 16.5. The summed E-state index contributed by atoms with van der Waals surface area (Å²) in [5.74, 6) is -0.168. The quantitative estimate of drug-likeness (QED) is 0.748. The zero-order valence-electron chi connectivity index (χ0n) is 13.1. The lowest BCUT2D eigenvalue weighted by atomic mass is 10.0. The number of carboxylic acids is 1. The van der Waals surface area contributed by atoms with E-state index in [1.165, 1.54) is 0 Å². The van der Waals surface area contributed by atoms with Gasteiger partial charge >= 0.3 is 5.97 Å². The molecule has 0 heterocycles. The summed E-state index contributed by atoms with van der Waals surface area (Å²) in [7, 11) is 0. The van der Waals surface area contributed by atoms with E-state index in [0.29, 0.717) is 18.6 Å². The molecule has 4 nitrogen and oxygen atoms in total. The Labute approximate surface area is 135 Å². The second kappa shape index (κ2) is 8.13. The average Bonchev–Trinajstić information content (AvgIpc) is 2.54. The second-order valence-corrected chi connectivity index (χ2v) is 5.43. The molecule has 0 aliphatic rings. The standard InChI is InChI=1S/C19H20O4/c1-14-12-16(17(20)8-5-9-19(21)22)10-11-18(14)23-13-15-6-3-2-4-7-15/h2-4,6-7,10-12H,5,8-9,13H2,1H3,(H,21,22). The third-order valence-corrected chi connectivity index (χ3v) is 3.53. The molecule has 0 radical (unpaired) electrons. The van der Waals surface area contributed by atoms with Crippen molar-refractivity contribution in [3.8, 4) is 5.75 Å². The number of aliphatic carboxylic acids is 1. The first-order chi connectivity index (χ1) is 11.1. The highest BCUT2D eigenvalue weighted by Crippen LogP contribution is 2.21. The minimum Gasteiger partial charge on any atom is -0.489 e. The van der Waals surface area contributed by atoms with Crippen LogP contribution < -0.4 is 4.74 Å². The number of aryl methyl sites for hydroxylation is 1. The monoisotopic (exact) mass is 312 g/mol. The summed E-state index contributed by atoms with van der Waals surface area (Å²) < 4.78 is 5.78. The van der Waals surface area contributed by atoms with E-state index >= 15 is 0 Å². The van der Waals surface area contributed by atoms with Gasteiger partial charge in [-0.15, -0.1) is 0 Å². The fourth-order valence-electron chi connectivity index (χ4n) is 2.26. The van der Waals surface area contributed by atoms with Crippen LogP contribution in [0.5, 0.6) is 5.75 Å².